The summed E-state index contributed by atoms with van der Waals surface area (Å²) in [6.45, 7) is 5.70. The quantitative estimate of drug-likeness (QED) is 0.749. The Morgan fingerprint density at radius 2 is 1.81 bits per heavy atom. The van der Waals surface area contributed by atoms with Gasteiger partial charge < -0.3 is 4.18 Å². The molecule has 0 heterocycles. The van der Waals surface area contributed by atoms with Crippen LogP contribution in [0.3, 0.4) is 0 Å². The number of amides is 1. The zero-order chi connectivity index (χ0) is 12.2. The van der Waals surface area contributed by atoms with Gasteiger partial charge in [-0.1, -0.05) is 40.0 Å². The Hall–Kier alpha value is -0.220. The molecule has 0 aromatic carbocycles. The summed E-state index contributed by atoms with van der Waals surface area (Å²) in [6, 6.07) is 0. The maximum atomic E-state index is 11.8. The summed E-state index contributed by atoms with van der Waals surface area (Å²) in [5, 5.41) is 0.463. The number of carbonyl (C=O) groups excluding carboxylic acids is 1. The Kier molecular flexibility index (Phi) is 5.12. The molecule has 1 rings (SSSR count). The fraction of sp³-hybridized carbons (Fsp3) is 0.917. The van der Waals surface area contributed by atoms with E-state index in [2.05, 4.69) is 4.36 Å². The molecular formula is C12H23NO2S. The molecule has 1 saturated carbocycles. The second-order valence-electron chi connectivity index (χ2n) is 5.35. The Morgan fingerprint density at radius 1 is 1.25 bits per heavy atom. The molecular weight excluding hydrogens is 222 g/mol. The van der Waals surface area contributed by atoms with Crippen molar-refractivity contribution in [2.75, 3.05) is 7.11 Å². The van der Waals surface area contributed by atoms with E-state index in [4.69, 9.17) is 4.18 Å². The molecule has 1 atom stereocenters. The molecule has 0 aromatic rings. The number of hydrogen-bond acceptors (Lipinski definition) is 2. The minimum atomic E-state index is -0.519. The minimum Gasteiger partial charge on any atom is -0.309 e. The lowest BCUT2D eigenvalue weighted by molar-refractivity contribution is -0.124. The van der Waals surface area contributed by atoms with Crippen molar-refractivity contribution >= 4 is 16.9 Å². The highest BCUT2D eigenvalue weighted by molar-refractivity contribution is 7.83. The zero-order valence-electron chi connectivity index (χ0n) is 10.8. The predicted molar refractivity (Wildman–Crippen MR) is 68.1 cm³/mol. The monoisotopic (exact) mass is 245 g/mol. The van der Waals surface area contributed by atoms with Crippen LogP contribution in [-0.2, 0) is 19.9 Å². The van der Waals surface area contributed by atoms with Crippen molar-refractivity contribution in [2.45, 2.75) is 58.1 Å². The highest BCUT2D eigenvalue weighted by Crippen LogP contribution is 2.25. The molecule has 1 unspecified atom stereocenters. The molecule has 0 aromatic heterocycles. The highest BCUT2D eigenvalue weighted by Gasteiger charge is 2.24. The standard InChI is InChI=1S/C12H23NO2S/c1-12(2,3)11(14)13-16(15-4)10-8-6-5-7-9-10/h10H,5-9H2,1-4H3. The molecule has 1 fully saturated rings. The number of nitrogens with zero attached hydrogens (tertiary/aromatic N) is 1. The van der Waals surface area contributed by atoms with Crippen molar-refractivity contribution < 1.29 is 8.98 Å². The van der Waals surface area contributed by atoms with E-state index in [-0.39, 0.29) is 5.91 Å². The van der Waals surface area contributed by atoms with Crippen molar-refractivity contribution in [1.29, 1.82) is 0 Å². The van der Waals surface area contributed by atoms with E-state index < -0.39 is 16.4 Å². The van der Waals surface area contributed by atoms with E-state index in [1.165, 1.54) is 19.3 Å². The third-order valence-corrected chi connectivity index (χ3v) is 4.55. The summed E-state index contributed by atoms with van der Waals surface area (Å²) in [6.07, 6.45) is 6.11. The molecule has 3 nitrogen and oxygen atoms in total. The van der Waals surface area contributed by atoms with Crippen LogP contribution in [0, 0.1) is 5.41 Å². The summed E-state index contributed by atoms with van der Waals surface area (Å²) in [5.74, 6) is -0.0387. The van der Waals surface area contributed by atoms with Crippen LogP contribution in [0.4, 0.5) is 0 Å². The van der Waals surface area contributed by atoms with Crippen molar-refractivity contribution in [3.8, 4) is 0 Å². The van der Waals surface area contributed by atoms with Gasteiger partial charge in [0, 0.05) is 21.6 Å². The maximum absolute atomic E-state index is 11.8. The van der Waals surface area contributed by atoms with Gasteiger partial charge in [-0.15, -0.1) is 0 Å². The van der Waals surface area contributed by atoms with Crippen LogP contribution < -0.4 is 0 Å². The Morgan fingerprint density at radius 3 is 2.25 bits per heavy atom. The van der Waals surface area contributed by atoms with Gasteiger partial charge in [0.1, 0.15) is 0 Å². The minimum absolute atomic E-state index is 0.0387. The third-order valence-electron chi connectivity index (χ3n) is 2.82. The topological polar surface area (TPSA) is 38.7 Å². The number of hydrogen-bond donors (Lipinski definition) is 0. The Balaban J connectivity index is 2.72. The van der Waals surface area contributed by atoms with Gasteiger partial charge in [0.2, 0.25) is 0 Å². The zero-order valence-corrected chi connectivity index (χ0v) is 11.6. The third kappa shape index (κ3) is 3.98. The maximum Gasteiger partial charge on any atom is 0.258 e. The average molecular weight is 245 g/mol. The first kappa shape index (κ1) is 13.8. The van der Waals surface area contributed by atoms with E-state index in [9.17, 15) is 4.79 Å². The molecule has 0 aliphatic heterocycles. The molecule has 1 amide bonds. The lowest BCUT2D eigenvalue weighted by Crippen LogP contribution is -2.24. The summed E-state index contributed by atoms with van der Waals surface area (Å²) < 4.78 is 9.65. The Labute approximate surface area is 101 Å². The molecule has 0 bridgehead atoms. The van der Waals surface area contributed by atoms with Gasteiger partial charge in [-0.25, -0.2) is 0 Å². The van der Waals surface area contributed by atoms with E-state index >= 15 is 0 Å². The fourth-order valence-electron chi connectivity index (χ4n) is 1.73. The smallest absolute Gasteiger partial charge is 0.258 e. The summed E-state index contributed by atoms with van der Waals surface area (Å²) in [4.78, 5) is 11.8. The van der Waals surface area contributed by atoms with Gasteiger partial charge in [-0.2, -0.15) is 4.36 Å². The van der Waals surface area contributed by atoms with Gasteiger partial charge in [-0.05, 0) is 12.8 Å². The van der Waals surface area contributed by atoms with Crippen LogP contribution in [0.1, 0.15) is 52.9 Å². The fourth-order valence-corrected chi connectivity index (χ4v) is 3.40. The number of rotatable bonds is 2. The van der Waals surface area contributed by atoms with Gasteiger partial charge in [0.05, 0.1) is 7.11 Å². The normalized spacial score (nSPS) is 21.0. The highest BCUT2D eigenvalue weighted by atomic mass is 32.2. The van der Waals surface area contributed by atoms with Gasteiger partial charge >= 0.3 is 0 Å². The van der Waals surface area contributed by atoms with E-state index in [0.717, 1.165) is 12.8 Å². The molecule has 16 heavy (non-hydrogen) atoms. The molecule has 4 heteroatoms. The van der Waals surface area contributed by atoms with E-state index in [1.54, 1.807) is 7.11 Å². The second-order valence-corrected chi connectivity index (χ2v) is 7.08. The summed E-state index contributed by atoms with van der Waals surface area (Å²) >= 11 is 0. The van der Waals surface area contributed by atoms with Crippen molar-refractivity contribution in [3.63, 3.8) is 0 Å². The van der Waals surface area contributed by atoms with Crippen molar-refractivity contribution in [3.05, 3.63) is 0 Å². The lowest BCUT2D eigenvalue weighted by Gasteiger charge is -2.23. The van der Waals surface area contributed by atoms with Crippen LogP contribution in [-0.4, -0.2) is 18.3 Å². The Bertz CT molecular complexity index is 275. The number of carbonyl (C=O) groups is 1. The molecule has 0 saturated heterocycles. The van der Waals surface area contributed by atoms with Crippen LogP contribution >= 0.6 is 0 Å². The van der Waals surface area contributed by atoms with Gasteiger partial charge in [-0.3, -0.25) is 4.79 Å². The van der Waals surface area contributed by atoms with E-state index in [0.29, 0.717) is 5.25 Å². The lowest BCUT2D eigenvalue weighted by atomic mass is 9.96. The largest absolute Gasteiger partial charge is 0.309 e. The summed E-state index contributed by atoms with van der Waals surface area (Å²) in [7, 11) is 1.14. The first-order chi connectivity index (χ1) is 7.45. The van der Waals surface area contributed by atoms with Crippen molar-refractivity contribution in [1.82, 2.24) is 0 Å². The molecule has 1 aliphatic rings. The van der Waals surface area contributed by atoms with Gasteiger partial charge in [0.15, 0.2) is 0 Å². The summed E-state index contributed by atoms with van der Waals surface area (Å²) in [5.41, 5.74) is -0.390. The molecule has 1 aliphatic carbocycles. The van der Waals surface area contributed by atoms with E-state index in [1.807, 2.05) is 20.8 Å². The molecule has 0 radical (unpaired) electrons. The van der Waals surface area contributed by atoms with Crippen LogP contribution in [0.15, 0.2) is 4.36 Å². The first-order valence-electron chi connectivity index (χ1n) is 5.99. The average Bonchev–Trinajstić information content (AvgIpc) is 2.25. The van der Waals surface area contributed by atoms with Gasteiger partial charge in [0.25, 0.3) is 5.91 Å². The van der Waals surface area contributed by atoms with Crippen molar-refractivity contribution in [2.24, 2.45) is 9.78 Å². The molecule has 94 valence electrons. The van der Waals surface area contributed by atoms with Crippen LogP contribution in [0.2, 0.25) is 0 Å². The first-order valence-corrected chi connectivity index (χ1v) is 7.16. The molecule has 0 spiro atoms. The predicted octanol–water partition coefficient (Wildman–Crippen LogP) is 3.26. The van der Waals surface area contributed by atoms with Crippen LogP contribution in [0.25, 0.3) is 0 Å². The second kappa shape index (κ2) is 5.92. The van der Waals surface area contributed by atoms with Crippen LogP contribution in [0.5, 0.6) is 0 Å². The SMILES string of the molecule is COS(=NC(=O)C(C)(C)C)C1CCCCC1. The molecule has 0 N–H and O–H groups in total.